The molecule has 0 saturated carbocycles. The Morgan fingerprint density at radius 3 is 3.15 bits per heavy atom. The van der Waals surface area contributed by atoms with E-state index in [1.165, 1.54) is 19.4 Å². The first-order valence-electron chi connectivity index (χ1n) is 7.30. The van der Waals surface area contributed by atoms with Crippen LogP contribution in [0.3, 0.4) is 0 Å². The number of nitrogens with one attached hydrogen (secondary N) is 1. The van der Waals surface area contributed by atoms with Crippen molar-refractivity contribution in [3.63, 3.8) is 0 Å². The lowest BCUT2D eigenvalue weighted by Crippen LogP contribution is -2.39. The third-order valence-electron chi connectivity index (χ3n) is 3.69. The zero-order valence-corrected chi connectivity index (χ0v) is 13.7. The van der Waals surface area contributed by atoms with Gasteiger partial charge in [-0.15, -0.1) is 0 Å². The van der Waals surface area contributed by atoms with Crippen molar-refractivity contribution in [3.8, 4) is 0 Å². The Morgan fingerprint density at radius 2 is 2.40 bits per heavy atom. The lowest BCUT2D eigenvalue weighted by Gasteiger charge is -2.32. The van der Waals surface area contributed by atoms with Gasteiger partial charge >= 0.3 is 0 Å². The van der Waals surface area contributed by atoms with E-state index in [1.807, 2.05) is 6.20 Å². The predicted octanol–water partition coefficient (Wildman–Crippen LogP) is 2.29. The molecule has 0 bridgehead atoms. The molecule has 112 valence electrons. The molecule has 0 amide bonds. The van der Waals surface area contributed by atoms with E-state index in [-0.39, 0.29) is 0 Å². The molecule has 1 aliphatic heterocycles. The van der Waals surface area contributed by atoms with Gasteiger partial charge in [-0.25, -0.2) is 0 Å². The Labute approximate surface area is 130 Å². The molecule has 1 unspecified atom stereocenters. The van der Waals surface area contributed by atoms with E-state index < -0.39 is 0 Å². The smallest absolute Gasteiger partial charge is 0.0587 e. The fraction of sp³-hybridized carbons (Fsp3) is 0.667. The largest absolute Gasteiger partial charge is 0.383 e. The fourth-order valence-corrected chi connectivity index (χ4v) is 2.91. The van der Waals surface area contributed by atoms with E-state index in [4.69, 9.17) is 4.74 Å². The number of methoxy groups -OCH3 is 1. The van der Waals surface area contributed by atoms with Gasteiger partial charge in [0.1, 0.15) is 0 Å². The molecule has 1 fully saturated rings. The number of pyridine rings is 1. The van der Waals surface area contributed by atoms with Gasteiger partial charge in [-0.05, 0) is 59.9 Å². The third kappa shape index (κ3) is 5.48. The maximum atomic E-state index is 5.06. The molecule has 1 N–H and O–H groups in total. The standard InChI is InChI=1S/C15H24BrN3O/c1-20-8-6-17-9-13-3-2-7-19(11-13)12-15-5-4-14(16)10-18-15/h4-5,10,13,17H,2-3,6-9,11-12H2,1H3. The molecule has 1 atom stereocenters. The summed E-state index contributed by atoms with van der Waals surface area (Å²) in [6.07, 6.45) is 4.49. The predicted molar refractivity (Wildman–Crippen MR) is 84.7 cm³/mol. The Hall–Kier alpha value is -0.490. The summed E-state index contributed by atoms with van der Waals surface area (Å²) in [5, 5.41) is 3.47. The Balaban J connectivity index is 1.74. The van der Waals surface area contributed by atoms with Gasteiger partial charge in [0, 0.05) is 37.4 Å². The van der Waals surface area contributed by atoms with Crippen molar-refractivity contribution in [1.82, 2.24) is 15.2 Å². The zero-order chi connectivity index (χ0) is 14.2. The number of piperidine rings is 1. The lowest BCUT2D eigenvalue weighted by atomic mass is 9.98. The van der Waals surface area contributed by atoms with Crippen LogP contribution in [0.4, 0.5) is 0 Å². The summed E-state index contributed by atoms with van der Waals surface area (Å²) in [6.45, 7) is 6.14. The molecule has 2 heterocycles. The van der Waals surface area contributed by atoms with Crippen LogP contribution in [0.5, 0.6) is 0 Å². The van der Waals surface area contributed by atoms with E-state index >= 15 is 0 Å². The number of rotatable bonds is 7. The molecule has 0 aliphatic carbocycles. The van der Waals surface area contributed by atoms with Crippen LogP contribution in [-0.4, -0.2) is 49.8 Å². The highest BCUT2D eigenvalue weighted by Gasteiger charge is 2.19. The second kappa shape index (κ2) is 8.72. The average Bonchev–Trinajstić information content (AvgIpc) is 2.47. The number of ether oxygens (including phenoxy) is 1. The van der Waals surface area contributed by atoms with Crippen molar-refractivity contribution in [2.75, 3.05) is 39.9 Å². The maximum absolute atomic E-state index is 5.06. The molecular weight excluding hydrogens is 318 g/mol. The molecule has 20 heavy (non-hydrogen) atoms. The number of likely N-dealkylation sites (tertiary alicyclic amines) is 1. The van der Waals surface area contributed by atoms with Crippen molar-refractivity contribution in [2.45, 2.75) is 19.4 Å². The van der Waals surface area contributed by atoms with Crippen LogP contribution < -0.4 is 5.32 Å². The highest BCUT2D eigenvalue weighted by atomic mass is 79.9. The molecule has 1 aliphatic rings. The van der Waals surface area contributed by atoms with Crippen LogP contribution in [0, 0.1) is 5.92 Å². The highest BCUT2D eigenvalue weighted by Crippen LogP contribution is 2.18. The number of nitrogens with zero attached hydrogens (tertiary/aromatic N) is 2. The first-order valence-corrected chi connectivity index (χ1v) is 8.09. The first-order chi connectivity index (χ1) is 9.78. The monoisotopic (exact) mass is 341 g/mol. The minimum Gasteiger partial charge on any atom is -0.383 e. The first kappa shape index (κ1) is 15.9. The Bertz CT molecular complexity index is 385. The summed E-state index contributed by atoms with van der Waals surface area (Å²) in [7, 11) is 1.75. The normalized spacial score (nSPS) is 20.2. The Morgan fingerprint density at radius 1 is 1.50 bits per heavy atom. The molecule has 1 aromatic rings. The molecule has 0 radical (unpaired) electrons. The summed E-state index contributed by atoms with van der Waals surface area (Å²) in [4.78, 5) is 6.98. The van der Waals surface area contributed by atoms with Crippen LogP contribution in [-0.2, 0) is 11.3 Å². The van der Waals surface area contributed by atoms with Crippen LogP contribution in [0.15, 0.2) is 22.8 Å². The number of hydrogen-bond acceptors (Lipinski definition) is 4. The summed E-state index contributed by atoms with van der Waals surface area (Å²) < 4.78 is 6.10. The van der Waals surface area contributed by atoms with Gasteiger partial charge in [0.15, 0.2) is 0 Å². The summed E-state index contributed by atoms with van der Waals surface area (Å²) >= 11 is 3.43. The van der Waals surface area contributed by atoms with Crippen LogP contribution >= 0.6 is 15.9 Å². The van der Waals surface area contributed by atoms with Gasteiger partial charge in [0.2, 0.25) is 0 Å². The van der Waals surface area contributed by atoms with E-state index in [0.29, 0.717) is 0 Å². The quantitative estimate of drug-likeness (QED) is 0.772. The molecular formula is C15H24BrN3O. The molecule has 0 spiro atoms. The molecule has 5 heteroatoms. The molecule has 0 aromatic carbocycles. The molecule has 1 saturated heterocycles. The topological polar surface area (TPSA) is 37.4 Å². The van der Waals surface area contributed by atoms with Crippen molar-refractivity contribution in [1.29, 1.82) is 0 Å². The second-order valence-electron chi connectivity index (χ2n) is 5.41. The minimum atomic E-state index is 0.746. The fourth-order valence-electron chi connectivity index (χ4n) is 2.67. The number of aromatic nitrogens is 1. The van der Waals surface area contributed by atoms with Gasteiger partial charge in [-0.1, -0.05) is 0 Å². The lowest BCUT2D eigenvalue weighted by molar-refractivity contribution is 0.158. The summed E-state index contributed by atoms with van der Waals surface area (Å²) in [5.74, 6) is 0.746. The third-order valence-corrected chi connectivity index (χ3v) is 4.16. The second-order valence-corrected chi connectivity index (χ2v) is 6.32. The van der Waals surface area contributed by atoms with Crippen molar-refractivity contribution >= 4 is 15.9 Å². The van der Waals surface area contributed by atoms with E-state index in [1.54, 1.807) is 7.11 Å². The maximum Gasteiger partial charge on any atom is 0.0587 e. The molecule has 1 aromatic heterocycles. The summed E-state index contributed by atoms with van der Waals surface area (Å²) in [5.41, 5.74) is 1.15. The van der Waals surface area contributed by atoms with Crippen LogP contribution in [0.1, 0.15) is 18.5 Å². The van der Waals surface area contributed by atoms with Crippen molar-refractivity contribution in [2.24, 2.45) is 5.92 Å². The van der Waals surface area contributed by atoms with E-state index in [0.717, 1.165) is 48.9 Å². The van der Waals surface area contributed by atoms with Crippen LogP contribution in [0.25, 0.3) is 0 Å². The highest BCUT2D eigenvalue weighted by molar-refractivity contribution is 9.10. The van der Waals surface area contributed by atoms with Gasteiger partial charge in [0.25, 0.3) is 0 Å². The van der Waals surface area contributed by atoms with Crippen molar-refractivity contribution in [3.05, 3.63) is 28.5 Å². The number of hydrogen-bond donors (Lipinski definition) is 1. The van der Waals surface area contributed by atoms with E-state index in [2.05, 4.69) is 43.3 Å². The minimum absolute atomic E-state index is 0.746. The van der Waals surface area contributed by atoms with Gasteiger partial charge in [-0.2, -0.15) is 0 Å². The summed E-state index contributed by atoms with van der Waals surface area (Å²) in [6, 6.07) is 4.17. The van der Waals surface area contributed by atoms with Gasteiger partial charge < -0.3 is 10.1 Å². The number of halogens is 1. The molecule has 4 nitrogen and oxygen atoms in total. The van der Waals surface area contributed by atoms with Gasteiger partial charge in [-0.3, -0.25) is 9.88 Å². The van der Waals surface area contributed by atoms with Crippen LogP contribution in [0.2, 0.25) is 0 Å². The molecule has 2 rings (SSSR count). The van der Waals surface area contributed by atoms with E-state index in [9.17, 15) is 0 Å². The average molecular weight is 342 g/mol. The SMILES string of the molecule is COCCNCC1CCCN(Cc2ccc(Br)cn2)C1. The Kier molecular flexibility index (Phi) is 6.93. The van der Waals surface area contributed by atoms with Gasteiger partial charge in [0.05, 0.1) is 12.3 Å². The van der Waals surface area contributed by atoms with Crippen molar-refractivity contribution < 1.29 is 4.74 Å². The zero-order valence-electron chi connectivity index (χ0n) is 12.1.